The van der Waals surface area contributed by atoms with Gasteiger partial charge in [-0.05, 0) is 6.07 Å². The van der Waals surface area contributed by atoms with Crippen LogP contribution >= 0.6 is 0 Å². The fourth-order valence-electron chi connectivity index (χ4n) is 1.98. The molecular weight excluding hydrogens is 255 g/mol. The minimum Gasteiger partial charge on any atom is -0.262 e. The van der Waals surface area contributed by atoms with Crippen molar-refractivity contribution in [3.8, 4) is 5.69 Å². The molecule has 0 aliphatic heterocycles. The highest BCUT2D eigenvalue weighted by molar-refractivity contribution is 5.89. The molecular formula is C13H8F3N3. The number of hydrogen-bond donors (Lipinski definition) is 0. The van der Waals surface area contributed by atoms with Crippen LogP contribution < -0.4 is 0 Å². The van der Waals surface area contributed by atoms with Gasteiger partial charge in [0.25, 0.3) is 0 Å². The molecule has 0 fully saturated rings. The highest BCUT2D eigenvalue weighted by atomic mass is 19.4. The van der Waals surface area contributed by atoms with Gasteiger partial charge in [-0.1, -0.05) is 24.3 Å². The van der Waals surface area contributed by atoms with E-state index in [0.29, 0.717) is 11.1 Å². The second-order valence-corrected chi connectivity index (χ2v) is 4.01. The summed E-state index contributed by atoms with van der Waals surface area (Å²) < 4.78 is 39.5. The third-order valence-electron chi connectivity index (χ3n) is 2.81. The van der Waals surface area contributed by atoms with Crippen LogP contribution in [0.1, 0.15) is 5.69 Å². The van der Waals surface area contributed by atoms with Crippen molar-refractivity contribution in [1.29, 1.82) is 0 Å². The molecule has 0 radical (unpaired) electrons. The van der Waals surface area contributed by atoms with Crippen molar-refractivity contribution in [2.75, 3.05) is 0 Å². The zero-order chi connectivity index (χ0) is 13.5. The minimum absolute atomic E-state index is 0.315. The summed E-state index contributed by atoms with van der Waals surface area (Å²) in [6, 6.07) is 8.06. The Morgan fingerprint density at radius 2 is 1.79 bits per heavy atom. The molecule has 6 heteroatoms. The first-order valence-corrected chi connectivity index (χ1v) is 5.52. The number of halogens is 3. The summed E-state index contributed by atoms with van der Waals surface area (Å²) in [4.78, 5) is 3.96. The van der Waals surface area contributed by atoms with Gasteiger partial charge in [0.2, 0.25) is 0 Å². The Labute approximate surface area is 106 Å². The fraction of sp³-hybridized carbons (Fsp3) is 0.0769. The third kappa shape index (κ3) is 1.95. The molecule has 0 atom stereocenters. The van der Waals surface area contributed by atoms with E-state index in [1.165, 1.54) is 6.20 Å². The molecule has 0 aliphatic rings. The molecule has 0 bridgehead atoms. The van der Waals surface area contributed by atoms with Crippen molar-refractivity contribution < 1.29 is 13.2 Å². The SMILES string of the molecule is FC(F)(F)c1ccnn1-c1cncc2ccccc12. The lowest BCUT2D eigenvalue weighted by molar-refractivity contribution is -0.142. The summed E-state index contributed by atoms with van der Waals surface area (Å²) in [7, 11) is 0. The van der Waals surface area contributed by atoms with Crippen LogP contribution in [0.4, 0.5) is 13.2 Å². The Morgan fingerprint density at radius 1 is 1.00 bits per heavy atom. The normalized spacial score (nSPS) is 11.9. The maximum atomic E-state index is 12.9. The molecule has 1 aromatic carbocycles. The average Bonchev–Trinajstić information content (AvgIpc) is 2.87. The molecule has 2 aromatic heterocycles. The Morgan fingerprint density at radius 3 is 2.58 bits per heavy atom. The van der Waals surface area contributed by atoms with Crippen molar-refractivity contribution >= 4 is 10.8 Å². The standard InChI is InChI=1S/C13H8F3N3/c14-13(15,16)12-5-6-18-19(12)11-8-17-7-9-3-1-2-4-10(9)11/h1-8H. The highest BCUT2D eigenvalue weighted by Gasteiger charge is 2.35. The van der Waals surface area contributed by atoms with Gasteiger partial charge in [0.15, 0.2) is 0 Å². The summed E-state index contributed by atoms with van der Waals surface area (Å²) in [5.74, 6) is 0. The monoisotopic (exact) mass is 263 g/mol. The maximum absolute atomic E-state index is 12.9. The van der Waals surface area contributed by atoms with Gasteiger partial charge in [0, 0.05) is 17.0 Å². The van der Waals surface area contributed by atoms with E-state index in [1.807, 2.05) is 6.07 Å². The smallest absolute Gasteiger partial charge is 0.262 e. The van der Waals surface area contributed by atoms with Crippen LogP contribution in [0.25, 0.3) is 16.5 Å². The Bertz CT molecular complexity index is 726. The van der Waals surface area contributed by atoms with E-state index in [0.717, 1.165) is 22.3 Å². The number of hydrogen-bond acceptors (Lipinski definition) is 2. The lowest BCUT2D eigenvalue weighted by Crippen LogP contribution is -2.13. The first kappa shape index (κ1) is 11.7. The lowest BCUT2D eigenvalue weighted by atomic mass is 10.1. The molecule has 0 amide bonds. The first-order valence-electron chi connectivity index (χ1n) is 5.52. The molecule has 0 N–H and O–H groups in total. The number of alkyl halides is 3. The van der Waals surface area contributed by atoms with Crippen LogP contribution in [-0.2, 0) is 6.18 Å². The van der Waals surface area contributed by atoms with Gasteiger partial charge in [0.05, 0.1) is 18.1 Å². The molecule has 0 saturated carbocycles. The third-order valence-corrected chi connectivity index (χ3v) is 2.81. The summed E-state index contributed by atoms with van der Waals surface area (Å²) >= 11 is 0. The van der Waals surface area contributed by atoms with E-state index in [-0.39, 0.29) is 0 Å². The molecule has 0 aliphatic carbocycles. The van der Waals surface area contributed by atoms with E-state index in [4.69, 9.17) is 0 Å². The van der Waals surface area contributed by atoms with Crippen molar-refractivity contribution in [3.05, 3.63) is 54.6 Å². The lowest BCUT2D eigenvalue weighted by Gasteiger charge is -2.11. The molecule has 0 saturated heterocycles. The molecule has 19 heavy (non-hydrogen) atoms. The van der Waals surface area contributed by atoms with Crippen LogP contribution in [0.2, 0.25) is 0 Å². The molecule has 3 rings (SSSR count). The zero-order valence-electron chi connectivity index (χ0n) is 9.59. The summed E-state index contributed by atoms with van der Waals surface area (Å²) in [6.07, 6.45) is -0.335. The molecule has 0 spiro atoms. The van der Waals surface area contributed by atoms with Gasteiger partial charge < -0.3 is 0 Å². The van der Waals surface area contributed by atoms with Gasteiger partial charge in [-0.2, -0.15) is 18.3 Å². The molecule has 96 valence electrons. The van der Waals surface area contributed by atoms with Crippen molar-refractivity contribution in [2.45, 2.75) is 6.18 Å². The largest absolute Gasteiger partial charge is 0.433 e. The first-order chi connectivity index (χ1) is 9.07. The minimum atomic E-state index is -4.45. The topological polar surface area (TPSA) is 30.7 Å². The van der Waals surface area contributed by atoms with E-state index in [1.54, 1.807) is 24.4 Å². The van der Waals surface area contributed by atoms with Crippen LogP contribution in [0.3, 0.4) is 0 Å². The number of nitrogens with zero attached hydrogens (tertiary/aromatic N) is 3. The van der Waals surface area contributed by atoms with Gasteiger partial charge in [0.1, 0.15) is 5.69 Å². The molecule has 0 unspecified atom stereocenters. The van der Waals surface area contributed by atoms with E-state index in [2.05, 4.69) is 10.1 Å². The van der Waals surface area contributed by atoms with Gasteiger partial charge >= 0.3 is 6.18 Å². The fourth-order valence-corrected chi connectivity index (χ4v) is 1.98. The van der Waals surface area contributed by atoms with E-state index < -0.39 is 11.9 Å². The summed E-state index contributed by atoms with van der Waals surface area (Å²) in [6.45, 7) is 0. The van der Waals surface area contributed by atoms with Crippen LogP contribution in [0.15, 0.2) is 48.9 Å². The Kier molecular flexibility index (Phi) is 2.51. The van der Waals surface area contributed by atoms with Crippen LogP contribution in [-0.4, -0.2) is 14.8 Å². The number of rotatable bonds is 1. The Balaban J connectivity index is 2.29. The van der Waals surface area contributed by atoms with Crippen molar-refractivity contribution in [2.24, 2.45) is 0 Å². The van der Waals surface area contributed by atoms with E-state index in [9.17, 15) is 13.2 Å². The van der Waals surface area contributed by atoms with Crippen LogP contribution in [0.5, 0.6) is 0 Å². The number of fused-ring (bicyclic) bond motifs is 1. The predicted molar refractivity (Wildman–Crippen MR) is 63.9 cm³/mol. The van der Waals surface area contributed by atoms with Crippen LogP contribution in [0, 0.1) is 0 Å². The molecule has 3 aromatic rings. The van der Waals surface area contributed by atoms with Gasteiger partial charge in [-0.3, -0.25) is 4.98 Å². The maximum Gasteiger partial charge on any atom is 0.433 e. The molecule has 3 nitrogen and oxygen atoms in total. The van der Waals surface area contributed by atoms with E-state index >= 15 is 0 Å². The second-order valence-electron chi connectivity index (χ2n) is 4.01. The quantitative estimate of drug-likeness (QED) is 0.673. The van der Waals surface area contributed by atoms with Crippen molar-refractivity contribution in [1.82, 2.24) is 14.8 Å². The summed E-state index contributed by atoms with van der Waals surface area (Å²) in [5, 5.41) is 5.20. The average molecular weight is 263 g/mol. The van der Waals surface area contributed by atoms with Gasteiger partial charge in [-0.15, -0.1) is 0 Å². The zero-order valence-corrected chi connectivity index (χ0v) is 9.59. The number of benzene rings is 1. The Hall–Kier alpha value is -2.37. The second kappa shape index (κ2) is 4.08. The molecule has 2 heterocycles. The highest BCUT2D eigenvalue weighted by Crippen LogP contribution is 2.32. The van der Waals surface area contributed by atoms with Crippen molar-refractivity contribution in [3.63, 3.8) is 0 Å². The van der Waals surface area contributed by atoms with Gasteiger partial charge in [-0.25, -0.2) is 4.68 Å². The predicted octanol–water partition coefficient (Wildman–Crippen LogP) is 3.44. The summed E-state index contributed by atoms with van der Waals surface area (Å²) in [5.41, 5.74) is -0.499. The number of aromatic nitrogens is 3. The number of pyridine rings is 1.